The van der Waals surface area contributed by atoms with Crippen molar-refractivity contribution in [3.05, 3.63) is 53.6 Å². The van der Waals surface area contributed by atoms with Crippen LogP contribution < -0.4 is 14.4 Å². The molecule has 2 aromatic carbocycles. The summed E-state index contributed by atoms with van der Waals surface area (Å²) in [4.78, 5) is 2.67. The summed E-state index contributed by atoms with van der Waals surface area (Å²) in [6.45, 7) is 7.16. The summed E-state index contributed by atoms with van der Waals surface area (Å²) in [5, 5.41) is 0. The molecular weight excluding hydrogens is 372 g/mol. The molecule has 1 saturated heterocycles. The van der Waals surface area contributed by atoms with E-state index in [1.54, 1.807) is 18.2 Å². The maximum Gasteiger partial charge on any atom is 0.240 e. The first-order chi connectivity index (χ1) is 13.5. The number of hydrogen-bond acceptors (Lipinski definition) is 4. The van der Waals surface area contributed by atoms with E-state index in [4.69, 9.17) is 4.74 Å². The number of benzene rings is 2. The number of anilines is 1. The lowest BCUT2D eigenvalue weighted by atomic mass is 10.1. The second-order valence-electron chi connectivity index (χ2n) is 7.28. The van der Waals surface area contributed by atoms with Crippen molar-refractivity contribution in [3.63, 3.8) is 0 Å². The van der Waals surface area contributed by atoms with Crippen molar-refractivity contribution in [2.45, 2.75) is 44.4 Å². The van der Waals surface area contributed by atoms with E-state index in [0.29, 0.717) is 19.6 Å². The predicted octanol–water partition coefficient (Wildman–Crippen LogP) is 3.91. The van der Waals surface area contributed by atoms with Crippen molar-refractivity contribution in [2.24, 2.45) is 0 Å². The SMILES string of the molecule is CCCOc1ccc(S(=O)(=O)NCCc2ccc(N3CCCC3)cc2)cc1C. The van der Waals surface area contributed by atoms with E-state index < -0.39 is 10.0 Å². The largest absolute Gasteiger partial charge is 0.493 e. The number of sulfonamides is 1. The topological polar surface area (TPSA) is 58.6 Å². The van der Waals surface area contributed by atoms with Gasteiger partial charge in [-0.25, -0.2) is 13.1 Å². The van der Waals surface area contributed by atoms with Gasteiger partial charge in [0.05, 0.1) is 11.5 Å². The van der Waals surface area contributed by atoms with E-state index in [0.717, 1.165) is 36.4 Å². The van der Waals surface area contributed by atoms with E-state index >= 15 is 0 Å². The summed E-state index contributed by atoms with van der Waals surface area (Å²) >= 11 is 0. The van der Waals surface area contributed by atoms with E-state index in [-0.39, 0.29) is 4.90 Å². The van der Waals surface area contributed by atoms with Crippen molar-refractivity contribution in [1.82, 2.24) is 4.72 Å². The van der Waals surface area contributed by atoms with Gasteiger partial charge >= 0.3 is 0 Å². The Morgan fingerprint density at radius 1 is 1.07 bits per heavy atom. The summed E-state index contributed by atoms with van der Waals surface area (Å²) in [5.74, 6) is 0.735. The zero-order valence-electron chi connectivity index (χ0n) is 16.8. The van der Waals surface area contributed by atoms with Gasteiger partial charge < -0.3 is 9.64 Å². The Hall–Kier alpha value is -2.05. The van der Waals surface area contributed by atoms with Crippen LogP contribution in [0.15, 0.2) is 47.4 Å². The van der Waals surface area contributed by atoms with Crippen LogP contribution in [0.5, 0.6) is 5.75 Å². The second-order valence-corrected chi connectivity index (χ2v) is 9.05. The monoisotopic (exact) mass is 402 g/mol. The normalized spacial score (nSPS) is 14.4. The third-order valence-corrected chi connectivity index (χ3v) is 6.49. The highest BCUT2D eigenvalue weighted by atomic mass is 32.2. The minimum atomic E-state index is -3.53. The van der Waals surface area contributed by atoms with Gasteiger partial charge in [-0.15, -0.1) is 0 Å². The van der Waals surface area contributed by atoms with Crippen molar-refractivity contribution in [3.8, 4) is 5.75 Å². The molecule has 0 spiro atoms. The minimum Gasteiger partial charge on any atom is -0.493 e. The molecule has 0 saturated carbocycles. The Bertz CT molecular complexity index is 873. The van der Waals surface area contributed by atoms with Crippen LogP contribution in [0, 0.1) is 6.92 Å². The predicted molar refractivity (Wildman–Crippen MR) is 114 cm³/mol. The third-order valence-electron chi connectivity index (χ3n) is 5.03. The molecule has 1 aliphatic rings. The Morgan fingerprint density at radius 3 is 2.43 bits per heavy atom. The quantitative estimate of drug-likeness (QED) is 0.691. The highest BCUT2D eigenvalue weighted by molar-refractivity contribution is 7.89. The molecule has 0 unspecified atom stereocenters. The first-order valence-electron chi connectivity index (χ1n) is 10.1. The average Bonchev–Trinajstić information content (AvgIpc) is 3.22. The van der Waals surface area contributed by atoms with Crippen LogP contribution in [0.3, 0.4) is 0 Å². The fourth-order valence-electron chi connectivity index (χ4n) is 3.42. The molecule has 28 heavy (non-hydrogen) atoms. The lowest BCUT2D eigenvalue weighted by Crippen LogP contribution is -2.26. The number of hydrogen-bond donors (Lipinski definition) is 1. The molecule has 0 aromatic heterocycles. The second kappa shape index (κ2) is 9.43. The van der Waals surface area contributed by atoms with Crippen molar-refractivity contribution in [2.75, 3.05) is 31.1 Å². The van der Waals surface area contributed by atoms with Crippen LogP contribution in [-0.2, 0) is 16.4 Å². The highest BCUT2D eigenvalue weighted by Crippen LogP contribution is 2.22. The van der Waals surface area contributed by atoms with Gasteiger partial charge in [-0.2, -0.15) is 0 Å². The van der Waals surface area contributed by atoms with Crippen LogP contribution in [0.1, 0.15) is 37.3 Å². The van der Waals surface area contributed by atoms with Gasteiger partial charge in [0.15, 0.2) is 0 Å². The van der Waals surface area contributed by atoms with E-state index in [1.807, 2.05) is 13.8 Å². The molecule has 0 atom stereocenters. The lowest BCUT2D eigenvalue weighted by Gasteiger charge is -2.17. The number of nitrogens with one attached hydrogen (secondary N) is 1. The molecule has 1 heterocycles. The maximum atomic E-state index is 12.6. The molecule has 0 radical (unpaired) electrons. The fourth-order valence-corrected chi connectivity index (χ4v) is 4.54. The first kappa shape index (κ1) is 20.7. The molecule has 1 N–H and O–H groups in total. The van der Waals surface area contributed by atoms with Crippen LogP contribution >= 0.6 is 0 Å². The van der Waals surface area contributed by atoms with Crippen LogP contribution in [-0.4, -0.2) is 34.7 Å². The van der Waals surface area contributed by atoms with Crippen LogP contribution in [0.25, 0.3) is 0 Å². The average molecular weight is 403 g/mol. The summed E-state index contributed by atoms with van der Waals surface area (Å²) in [5.41, 5.74) is 3.21. The molecule has 1 fully saturated rings. The number of aryl methyl sites for hydroxylation is 1. The zero-order chi connectivity index (χ0) is 20.0. The van der Waals surface area contributed by atoms with Gasteiger partial charge in [0.1, 0.15) is 5.75 Å². The van der Waals surface area contributed by atoms with Gasteiger partial charge in [0, 0.05) is 25.3 Å². The smallest absolute Gasteiger partial charge is 0.240 e. The fraction of sp³-hybridized carbons (Fsp3) is 0.455. The van der Waals surface area contributed by atoms with Gasteiger partial charge in [-0.3, -0.25) is 0 Å². The van der Waals surface area contributed by atoms with Gasteiger partial charge in [-0.05, 0) is 74.1 Å². The molecule has 0 aliphatic carbocycles. The molecule has 1 aliphatic heterocycles. The molecule has 2 aromatic rings. The maximum absolute atomic E-state index is 12.6. The standard InChI is InChI=1S/C22H30N2O3S/c1-3-16-27-22-11-10-21(17-18(22)2)28(25,26)23-13-12-19-6-8-20(9-7-19)24-14-4-5-15-24/h6-11,17,23H,3-5,12-16H2,1-2H3. The van der Waals surface area contributed by atoms with E-state index in [2.05, 4.69) is 33.9 Å². The van der Waals surface area contributed by atoms with Crippen molar-refractivity contribution in [1.29, 1.82) is 0 Å². The van der Waals surface area contributed by atoms with E-state index in [9.17, 15) is 8.42 Å². The van der Waals surface area contributed by atoms with Crippen LogP contribution in [0.2, 0.25) is 0 Å². The van der Waals surface area contributed by atoms with Crippen molar-refractivity contribution < 1.29 is 13.2 Å². The Balaban J connectivity index is 1.55. The van der Waals surface area contributed by atoms with Gasteiger partial charge in [0.2, 0.25) is 10.0 Å². The molecule has 0 amide bonds. The number of ether oxygens (including phenoxy) is 1. The van der Waals surface area contributed by atoms with Crippen molar-refractivity contribution >= 4 is 15.7 Å². The molecule has 5 nitrogen and oxygen atoms in total. The Labute approximate surface area is 168 Å². The Kier molecular flexibility index (Phi) is 6.97. The lowest BCUT2D eigenvalue weighted by molar-refractivity contribution is 0.315. The van der Waals surface area contributed by atoms with E-state index in [1.165, 1.54) is 18.5 Å². The first-order valence-corrected chi connectivity index (χ1v) is 11.5. The zero-order valence-corrected chi connectivity index (χ0v) is 17.6. The highest BCUT2D eigenvalue weighted by Gasteiger charge is 2.15. The third kappa shape index (κ3) is 5.26. The van der Waals surface area contributed by atoms with Crippen LogP contribution in [0.4, 0.5) is 5.69 Å². The summed E-state index contributed by atoms with van der Waals surface area (Å²) in [7, 11) is -3.53. The molecule has 152 valence electrons. The van der Waals surface area contributed by atoms with Gasteiger partial charge in [0.25, 0.3) is 0 Å². The Morgan fingerprint density at radius 2 is 1.79 bits per heavy atom. The summed E-state index contributed by atoms with van der Waals surface area (Å²) < 4.78 is 33.5. The summed E-state index contributed by atoms with van der Waals surface area (Å²) in [6, 6.07) is 13.4. The minimum absolute atomic E-state index is 0.276. The molecule has 3 rings (SSSR count). The molecule has 6 heteroatoms. The molecular formula is C22H30N2O3S. The molecule has 0 bridgehead atoms. The summed E-state index contributed by atoms with van der Waals surface area (Å²) in [6.07, 6.45) is 4.10. The van der Waals surface area contributed by atoms with Gasteiger partial charge in [-0.1, -0.05) is 19.1 Å². The number of rotatable bonds is 9. The number of nitrogens with zero attached hydrogens (tertiary/aromatic N) is 1.